The molecule has 0 N–H and O–H groups in total. The molecule has 10 heteroatoms. The van der Waals surface area contributed by atoms with Crippen LogP contribution >= 0.6 is 62.5 Å². The van der Waals surface area contributed by atoms with E-state index < -0.39 is 11.1 Å². The van der Waals surface area contributed by atoms with Crippen molar-refractivity contribution >= 4 is 79.7 Å². The molecule has 0 spiro atoms. The molecule has 180 valence electrons. The van der Waals surface area contributed by atoms with Crippen molar-refractivity contribution in [1.29, 1.82) is 0 Å². The molecule has 3 aromatic carbocycles. The predicted molar refractivity (Wildman–Crippen MR) is 144 cm³/mol. The van der Waals surface area contributed by atoms with Crippen LogP contribution < -0.4 is 9.47 Å². The molecule has 1 aliphatic rings. The molecule has 4 rings (SSSR count). The molecule has 3 aromatic rings. The molecule has 0 saturated carbocycles. The summed E-state index contributed by atoms with van der Waals surface area (Å²) in [4.78, 5) is 27.0. The molecule has 0 unspecified atom stereocenters. The summed E-state index contributed by atoms with van der Waals surface area (Å²) in [5.41, 5.74) is 2.00. The number of amides is 2. The summed E-state index contributed by atoms with van der Waals surface area (Å²) in [6, 6.07) is 15.9. The van der Waals surface area contributed by atoms with Crippen molar-refractivity contribution in [2.45, 2.75) is 13.2 Å². The zero-order chi connectivity index (χ0) is 25.1. The predicted octanol–water partition coefficient (Wildman–Crippen LogP) is 8.23. The molecule has 0 bridgehead atoms. The molecule has 0 radical (unpaired) electrons. The van der Waals surface area contributed by atoms with Gasteiger partial charge in [-0.15, -0.1) is 0 Å². The molecule has 0 aliphatic carbocycles. The number of hydrogen-bond donors (Lipinski definition) is 0. The van der Waals surface area contributed by atoms with Gasteiger partial charge in [0.2, 0.25) is 0 Å². The lowest BCUT2D eigenvalue weighted by atomic mass is 10.1. The highest BCUT2D eigenvalue weighted by Crippen LogP contribution is 2.40. The Kier molecular flexibility index (Phi) is 8.34. The molecular weight excluding hydrogens is 597 g/mol. The topological polar surface area (TPSA) is 55.8 Å². The van der Waals surface area contributed by atoms with Crippen molar-refractivity contribution in [3.05, 3.63) is 95.7 Å². The van der Waals surface area contributed by atoms with Gasteiger partial charge in [0.15, 0.2) is 11.5 Å². The first-order valence-electron chi connectivity index (χ1n) is 10.2. The maximum Gasteiger partial charge on any atom is 0.293 e. The zero-order valence-corrected chi connectivity index (χ0v) is 22.9. The second-order valence-corrected chi connectivity index (χ2v) is 10.5. The fraction of sp³-hybridized carbons (Fsp3) is 0.120. The summed E-state index contributed by atoms with van der Waals surface area (Å²) >= 11 is 23.0. The molecule has 1 fully saturated rings. The van der Waals surface area contributed by atoms with E-state index in [-0.39, 0.29) is 18.1 Å². The highest BCUT2D eigenvalue weighted by atomic mass is 79.9. The van der Waals surface area contributed by atoms with Crippen LogP contribution in [0.5, 0.6) is 11.5 Å². The molecular formula is C25H17BrCl3NO4S. The summed E-state index contributed by atoms with van der Waals surface area (Å²) in [5.74, 6) is 0.524. The van der Waals surface area contributed by atoms with Gasteiger partial charge in [0, 0.05) is 26.2 Å². The van der Waals surface area contributed by atoms with Gasteiger partial charge in [0.25, 0.3) is 11.1 Å². The molecule has 2 amide bonds. The third kappa shape index (κ3) is 5.81. The lowest BCUT2D eigenvalue weighted by Gasteiger charge is -2.15. The Morgan fingerprint density at radius 2 is 1.69 bits per heavy atom. The quantitative estimate of drug-likeness (QED) is 0.251. The Morgan fingerprint density at radius 3 is 2.37 bits per heavy atom. The van der Waals surface area contributed by atoms with Gasteiger partial charge in [-0.25, -0.2) is 0 Å². The zero-order valence-electron chi connectivity index (χ0n) is 18.2. The van der Waals surface area contributed by atoms with E-state index in [0.29, 0.717) is 42.2 Å². The number of benzene rings is 3. The number of nitrogens with zero attached hydrogens (tertiary/aromatic N) is 1. The van der Waals surface area contributed by atoms with E-state index >= 15 is 0 Å². The van der Waals surface area contributed by atoms with Crippen LogP contribution in [-0.2, 0) is 17.9 Å². The van der Waals surface area contributed by atoms with Gasteiger partial charge in [0.05, 0.1) is 23.0 Å². The standard InChI is InChI=1S/C25H17BrCl3NO4S/c1-33-21-10-14(9-17(26)23(21)34-13-15-5-2-3-6-18(15)27)11-22-24(31)30(25(32)35-22)12-16-19(28)7-4-8-20(16)29/h2-11H,12-13H2,1H3/b22-11+. The minimum absolute atomic E-state index is 0.0116. The van der Waals surface area contributed by atoms with Gasteiger partial charge in [-0.3, -0.25) is 14.5 Å². The van der Waals surface area contributed by atoms with E-state index in [0.717, 1.165) is 22.2 Å². The lowest BCUT2D eigenvalue weighted by molar-refractivity contribution is -0.123. The number of carbonyl (C=O) groups is 2. The monoisotopic (exact) mass is 611 g/mol. The average molecular weight is 614 g/mol. The van der Waals surface area contributed by atoms with Crippen LogP contribution in [-0.4, -0.2) is 23.2 Å². The summed E-state index contributed by atoms with van der Waals surface area (Å²) in [6.45, 7) is 0.236. The molecule has 5 nitrogen and oxygen atoms in total. The number of thioether (sulfide) groups is 1. The number of hydrogen-bond acceptors (Lipinski definition) is 5. The van der Waals surface area contributed by atoms with Crippen LogP contribution in [0.3, 0.4) is 0 Å². The van der Waals surface area contributed by atoms with Crippen molar-refractivity contribution in [3.8, 4) is 11.5 Å². The van der Waals surface area contributed by atoms with E-state index in [4.69, 9.17) is 44.3 Å². The minimum Gasteiger partial charge on any atom is -0.493 e. The highest BCUT2D eigenvalue weighted by molar-refractivity contribution is 9.10. The van der Waals surface area contributed by atoms with E-state index in [1.54, 1.807) is 42.5 Å². The Hall–Kier alpha value is -2.16. The number of imide groups is 1. The fourth-order valence-corrected chi connectivity index (χ4v) is 5.48. The van der Waals surface area contributed by atoms with Crippen molar-refractivity contribution < 1.29 is 19.1 Å². The Bertz CT molecular complexity index is 1330. The third-order valence-electron chi connectivity index (χ3n) is 5.13. The van der Waals surface area contributed by atoms with Crippen LogP contribution in [0, 0.1) is 0 Å². The third-order valence-corrected chi connectivity index (χ3v) is 7.70. The van der Waals surface area contributed by atoms with Gasteiger partial charge < -0.3 is 9.47 Å². The largest absolute Gasteiger partial charge is 0.493 e. The van der Waals surface area contributed by atoms with E-state index in [1.807, 2.05) is 18.2 Å². The highest BCUT2D eigenvalue weighted by Gasteiger charge is 2.35. The number of halogens is 4. The van der Waals surface area contributed by atoms with Crippen molar-refractivity contribution in [2.24, 2.45) is 0 Å². The first-order chi connectivity index (χ1) is 16.8. The van der Waals surface area contributed by atoms with Gasteiger partial charge in [-0.2, -0.15) is 0 Å². The summed E-state index contributed by atoms with van der Waals surface area (Å²) < 4.78 is 12.1. The molecule has 1 saturated heterocycles. The second-order valence-electron chi connectivity index (χ2n) is 7.38. The number of methoxy groups -OCH3 is 1. The van der Waals surface area contributed by atoms with Crippen LogP contribution in [0.1, 0.15) is 16.7 Å². The number of carbonyl (C=O) groups excluding carboxylic acids is 2. The van der Waals surface area contributed by atoms with Gasteiger partial charge in [-0.05, 0) is 69.7 Å². The SMILES string of the molecule is COc1cc(/C=C2/SC(=O)N(Cc3c(Cl)cccc3Cl)C2=O)cc(Br)c1OCc1ccccc1Cl. The van der Waals surface area contributed by atoms with Crippen LogP contribution in [0.15, 0.2) is 64.0 Å². The fourth-order valence-electron chi connectivity index (χ4n) is 3.36. The van der Waals surface area contributed by atoms with Gasteiger partial charge in [0.1, 0.15) is 6.61 Å². The summed E-state index contributed by atoms with van der Waals surface area (Å²) in [6.07, 6.45) is 1.63. The normalized spacial score (nSPS) is 14.7. The lowest BCUT2D eigenvalue weighted by Crippen LogP contribution is -2.27. The van der Waals surface area contributed by atoms with E-state index in [1.165, 1.54) is 7.11 Å². The van der Waals surface area contributed by atoms with Gasteiger partial charge in [-0.1, -0.05) is 59.1 Å². The number of rotatable bonds is 7. The Labute approximate surface area is 230 Å². The molecule has 35 heavy (non-hydrogen) atoms. The second kappa shape index (κ2) is 11.3. The smallest absolute Gasteiger partial charge is 0.293 e. The molecule has 0 aromatic heterocycles. The molecule has 1 heterocycles. The van der Waals surface area contributed by atoms with Gasteiger partial charge >= 0.3 is 0 Å². The minimum atomic E-state index is -0.426. The molecule has 1 aliphatic heterocycles. The first-order valence-corrected chi connectivity index (χ1v) is 12.9. The van der Waals surface area contributed by atoms with Crippen LogP contribution in [0.25, 0.3) is 6.08 Å². The summed E-state index contributed by atoms with van der Waals surface area (Å²) in [5, 5.41) is 0.985. The van der Waals surface area contributed by atoms with Crippen LogP contribution in [0.2, 0.25) is 15.1 Å². The number of ether oxygens (including phenoxy) is 2. The van der Waals surface area contributed by atoms with E-state index in [2.05, 4.69) is 15.9 Å². The van der Waals surface area contributed by atoms with E-state index in [9.17, 15) is 9.59 Å². The van der Waals surface area contributed by atoms with Crippen molar-refractivity contribution in [3.63, 3.8) is 0 Å². The average Bonchev–Trinajstić information content (AvgIpc) is 3.08. The summed E-state index contributed by atoms with van der Waals surface area (Å²) in [7, 11) is 1.52. The Morgan fingerprint density at radius 1 is 1.00 bits per heavy atom. The van der Waals surface area contributed by atoms with Crippen molar-refractivity contribution in [2.75, 3.05) is 7.11 Å². The van der Waals surface area contributed by atoms with Crippen LogP contribution in [0.4, 0.5) is 4.79 Å². The first kappa shape index (κ1) is 25.9. The molecule has 0 atom stereocenters. The maximum atomic E-state index is 13.0. The van der Waals surface area contributed by atoms with Crippen molar-refractivity contribution in [1.82, 2.24) is 4.90 Å². The Balaban J connectivity index is 1.56. The maximum absolute atomic E-state index is 13.0.